The van der Waals surface area contributed by atoms with Gasteiger partial charge in [-0.15, -0.1) is 0 Å². The standard InChI is InChI=1S/C12H17ClN2O2/c1-8(2)11(4-6-16)15-12(17)9-3-5-14-7-10(9)13/h3,5,7-8,11,16H,4,6H2,1-2H3,(H,15,17). The Morgan fingerprint density at radius 1 is 1.59 bits per heavy atom. The van der Waals surface area contributed by atoms with E-state index < -0.39 is 0 Å². The Labute approximate surface area is 106 Å². The molecule has 17 heavy (non-hydrogen) atoms. The Balaban J connectivity index is 2.74. The van der Waals surface area contributed by atoms with E-state index in [2.05, 4.69) is 10.3 Å². The number of hydrogen-bond acceptors (Lipinski definition) is 3. The summed E-state index contributed by atoms with van der Waals surface area (Å²) in [7, 11) is 0. The summed E-state index contributed by atoms with van der Waals surface area (Å²) < 4.78 is 0. The smallest absolute Gasteiger partial charge is 0.253 e. The van der Waals surface area contributed by atoms with Crippen molar-refractivity contribution in [3.63, 3.8) is 0 Å². The Morgan fingerprint density at radius 3 is 2.82 bits per heavy atom. The molecule has 0 aliphatic rings. The van der Waals surface area contributed by atoms with Crippen molar-refractivity contribution in [2.75, 3.05) is 6.61 Å². The van der Waals surface area contributed by atoms with Gasteiger partial charge in [-0.1, -0.05) is 25.4 Å². The van der Waals surface area contributed by atoms with Crippen molar-refractivity contribution in [2.45, 2.75) is 26.3 Å². The lowest BCUT2D eigenvalue weighted by atomic mass is 10.0. The highest BCUT2D eigenvalue weighted by molar-refractivity contribution is 6.33. The van der Waals surface area contributed by atoms with Gasteiger partial charge in [0.05, 0.1) is 10.6 Å². The highest BCUT2D eigenvalue weighted by Crippen LogP contribution is 2.14. The van der Waals surface area contributed by atoms with E-state index >= 15 is 0 Å². The lowest BCUT2D eigenvalue weighted by Gasteiger charge is -2.21. The number of nitrogens with one attached hydrogen (secondary N) is 1. The molecule has 1 unspecified atom stereocenters. The molecule has 0 saturated carbocycles. The second-order valence-electron chi connectivity index (χ2n) is 4.19. The van der Waals surface area contributed by atoms with Crippen LogP contribution in [0.2, 0.25) is 5.02 Å². The quantitative estimate of drug-likeness (QED) is 0.846. The maximum Gasteiger partial charge on any atom is 0.253 e. The zero-order valence-corrected chi connectivity index (χ0v) is 10.7. The van der Waals surface area contributed by atoms with Crippen LogP contribution in [-0.4, -0.2) is 28.6 Å². The van der Waals surface area contributed by atoms with Gasteiger partial charge >= 0.3 is 0 Å². The van der Waals surface area contributed by atoms with E-state index in [4.69, 9.17) is 16.7 Å². The second kappa shape index (κ2) is 6.57. The molecule has 2 N–H and O–H groups in total. The molecule has 0 aromatic carbocycles. The van der Waals surface area contributed by atoms with Gasteiger partial charge in [0.25, 0.3) is 5.91 Å². The van der Waals surface area contributed by atoms with Gasteiger partial charge in [-0.05, 0) is 18.4 Å². The van der Waals surface area contributed by atoms with Gasteiger partial charge in [0, 0.05) is 25.0 Å². The minimum Gasteiger partial charge on any atom is -0.396 e. The van der Waals surface area contributed by atoms with Crippen LogP contribution in [0, 0.1) is 5.92 Å². The number of aliphatic hydroxyl groups is 1. The van der Waals surface area contributed by atoms with Crippen molar-refractivity contribution in [1.82, 2.24) is 10.3 Å². The lowest BCUT2D eigenvalue weighted by molar-refractivity contribution is 0.0916. The molecular weight excluding hydrogens is 240 g/mol. The molecule has 4 nitrogen and oxygen atoms in total. The van der Waals surface area contributed by atoms with Crippen LogP contribution in [0.15, 0.2) is 18.5 Å². The minimum atomic E-state index is -0.232. The van der Waals surface area contributed by atoms with E-state index in [0.29, 0.717) is 17.0 Å². The van der Waals surface area contributed by atoms with Gasteiger partial charge in [-0.25, -0.2) is 0 Å². The van der Waals surface area contributed by atoms with Crippen LogP contribution in [0.5, 0.6) is 0 Å². The maximum absolute atomic E-state index is 12.0. The highest BCUT2D eigenvalue weighted by Gasteiger charge is 2.18. The largest absolute Gasteiger partial charge is 0.396 e. The maximum atomic E-state index is 12.0. The topological polar surface area (TPSA) is 62.2 Å². The van der Waals surface area contributed by atoms with Gasteiger partial charge in [-0.3, -0.25) is 9.78 Å². The molecule has 1 aromatic heterocycles. The summed E-state index contributed by atoms with van der Waals surface area (Å²) in [6, 6.07) is 1.52. The van der Waals surface area contributed by atoms with Gasteiger partial charge in [0.1, 0.15) is 0 Å². The van der Waals surface area contributed by atoms with Crippen LogP contribution in [0.4, 0.5) is 0 Å². The molecule has 0 aliphatic carbocycles. The molecule has 1 amide bonds. The van der Waals surface area contributed by atoms with Crippen molar-refractivity contribution in [3.05, 3.63) is 29.0 Å². The van der Waals surface area contributed by atoms with Crippen LogP contribution in [-0.2, 0) is 0 Å². The molecule has 0 bridgehead atoms. The number of rotatable bonds is 5. The van der Waals surface area contributed by atoms with Crippen LogP contribution in [0.1, 0.15) is 30.6 Å². The van der Waals surface area contributed by atoms with E-state index in [-0.39, 0.29) is 24.5 Å². The average Bonchev–Trinajstić information content (AvgIpc) is 2.28. The van der Waals surface area contributed by atoms with E-state index in [1.54, 1.807) is 6.07 Å². The van der Waals surface area contributed by atoms with Crippen molar-refractivity contribution < 1.29 is 9.90 Å². The highest BCUT2D eigenvalue weighted by atomic mass is 35.5. The zero-order valence-electron chi connectivity index (χ0n) is 9.98. The fourth-order valence-electron chi connectivity index (χ4n) is 1.52. The molecule has 1 heterocycles. The number of hydrogen-bond donors (Lipinski definition) is 2. The first-order valence-electron chi connectivity index (χ1n) is 5.57. The predicted molar refractivity (Wildman–Crippen MR) is 67.0 cm³/mol. The first kappa shape index (κ1) is 13.9. The fourth-order valence-corrected chi connectivity index (χ4v) is 1.72. The van der Waals surface area contributed by atoms with Crippen LogP contribution >= 0.6 is 11.6 Å². The number of amides is 1. The molecule has 0 radical (unpaired) electrons. The first-order chi connectivity index (χ1) is 8.06. The summed E-state index contributed by atoms with van der Waals surface area (Å²) in [4.78, 5) is 15.8. The molecule has 0 aliphatic heterocycles. The number of nitrogens with zero attached hydrogens (tertiary/aromatic N) is 1. The van der Waals surface area contributed by atoms with E-state index in [1.807, 2.05) is 13.8 Å². The molecule has 94 valence electrons. The third-order valence-electron chi connectivity index (χ3n) is 2.58. The average molecular weight is 257 g/mol. The Bertz CT molecular complexity index is 383. The Hall–Kier alpha value is -1.13. The van der Waals surface area contributed by atoms with Crippen LogP contribution < -0.4 is 5.32 Å². The minimum absolute atomic E-state index is 0.0488. The molecule has 1 rings (SSSR count). The summed E-state index contributed by atoms with van der Waals surface area (Å²) in [5.41, 5.74) is 0.408. The fraction of sp³-hybridized carbons (Fsp3) is 0.500. The van der Waals surface area contributed by atoms with Crippen molar-refractivity contribution >= 4 is 17.5 Å². The SMILES string of the molecule is CC(C)C(CCO)NC(=O)c1ccncc1Cl. The molecule has 5 heteroatoms. The van der Waals surface area contributed by atoms with Crippen molar-refractivity contribution in [2.24, 2.45) is 5.92 Å². The van der Waals surface area contributed by atoms with Gasteiger partial charge in [0.2, 0.25) is 0 Å². The normalized spacial score (nSPS) is 12.5. The zero-order chi connectivity index (χ0) is 12.8. The second-order valence-corrected chi connectivity index (χ2v) is 4.60. The predicted octanol–water partition coefficient (Wildman–Crippen LogP) is 1.87. The monoisotopic (exact) mass is 256 g/mol. The molecule has 1 atom stereocenters. The van der Waals surface area contributed by atoms with E-state index in [9.17, 15) is 4.79 Å². The third kappa shape index (κ3) is 3.98. The van der Waals surface area contributed by atoms with Gasteiger partial charge < -0.3 is 10.4 Å². The summed E-state index contributed by atoms with van der Waals surface area (Å²) in [6.07, 6.45) is 3.50. The Morgan fingerprint density at radius 2 is 2.29 bits per heavy atom. The first-order valence-corrected chi connectivity index (χ1v) is 5.95. The number of carbonyl (C=O) groups is 1. The lowest BCUT2D eigenvalue weighted by Crippen LogP contribution is -2.39. The Kier molecular flexibility index (Phi) is 5.38. The molecule has 1 aromatic rings. The van der Waals surface area contributed by atoms with Crippen LogP contribution in [0.3, 0.4) is 0 Å². The third-order valence-corrected chi connectivity index (χ3v) is 2.88. The molecule has 0 saturated heterocycles. The summed E-state index contributed by atoms with van der Waals surface area (Å²) in [5.74, 6) is 0.0243. The summed E-state index contributed by atoms with van der Waals surface area (Å²) >= 11 is 5.89. The molecule has 0 spiro atoms. The molecular formula is C12H17ClN2O2. The number of carbonyl (C=O) groups excluding carboxylic acids is 1. The summed E-state index contributed by atoms with van der Waals surface area (Å²) in [6.45, 7) is 4.04. The number of aromatic nitrogens is 1. The number of aliphatic hydroxyl groups excluding tert-OH is 1. The summed E-state index contributed by atoms with van der Waals surface area (Å²) in [5, 5.41) is 12.1. The van der Waals surface area contributed by atoms with Gasteiger partial charge in [-0.2, -0.15) is 0 Å². The number of halogens is 1. The van der Waals surface area contributed by atoms with E-state index in [0.717, 1.165) is 0 Å². The van der Waals surface area contributed by atoms with Crippen molar-refractivity contribution in [3.8, 4) is 0 Å². The molecule has 0 fully saturated rings. The number of pyridine rings is 1. The van der Waals surface area contributed by atoms with E-state index in [1.165, 1.54) is 12.4 Å². The van der Waals surface area contributed by atoms with Crippen molar-refractivity contribution in [1.29, 1.82) is 0 Å². The van der Waals surface area contributed by atoms with Gasteiger partial charge in [0.15, 0.2) is 0 Å². The van der Waals surface area contributed by atoms with Crippen LogP contribution in [0.25, 0.3) is 0 Å².